The lowest BCUT2D eigenvalue weighted by Crippen LogP contribution is -2.48. The van der Waals surface area contributed by atoms with Crippen LogP contribution in [-0.2, 0) is 11.3 Å². The summed E-state index contributed by atoms with van der Waals surface area (Å²) in [6.45, 7) is 1.84. The third-order valence-corrected chi connectivity index (χ3v) is 4.64. The molecule has 28 heavy (non-hydrogen) atoms. The van der Waals surface area contributed by atoms with Gasteiger partial charge in [-0.15, -0.1) is 0 Å². The van der Waals surface area contributed by atoms with Crippen LogP contribution in [0.4, 0.5) is 18.0 Å². The van der Waals surface area contributed by atoms with Gasteiger partial charge in [-0.2, -0.15) is 13.2 Å². The van der Waals surface area contributed by atoms with E-state index in [1.165, 1.54) is 5.56 Å². The number of carbonyl (C=O) groups is 2. The number of piperidine rings is 1. The van der Waals surface area contributed by atoms with Crippen LogP contribution in [0.25, 0.3) is 0 Å². The molecule has 1 fully saturated rings. The zero-order chi connectivity index (χ0) is 20.6. The van der Waals surface area contributed by atoms with Crippen molar-refractivity contribution >= 4 is 11.9 Å². The standard InChI is InChI=1S/C19H27F3N4O2/c1-25(11-15-5-3-2-4-6-15)12-16-7-9-26(10-8-16)13-17(27)24-18(28)23-14-19(20,21)22/h2-6,16H,7-14H2,1H3,(H2,23,24,27,28). The third-order valence-electron chi connectivity index (χ3n) is 4.64. The summed E-state index contributed by atoms with van der Waals surface area (Å²) in [7, 11) is 2.09. The van der Waals surface area contributed by atoms with Crippen molar-refractivity contribution in [3.8, 4) is 0 Å². The first-order chi connectivity index (χ1) is 13.2. The summed E-state index contributed by atoms with van der Waals surface area (Å²) in [6, 6.07) is 9.12. The number of hydrogen-bond donors (Lipinski definition) is 2. The van der Waals surface area contributed by atoms with Gasteiger partial charge in [0.05, 0.1) is 6.54 Å². The van der Waals surface area contributed by atoms with Crippen molar-refractivity contribution in [2.75, 3.05) is 39.8 Å². The molecule has 0 aromatic heterocycles. The van der Waals surface area contributed by atoms with Crippen molar-refractivity contribution in [2.45, 2.75) is 25.6 Å². The molecule has 1 heterocycles. The number of likely N-dealkylation sites (tertiary alicyclic amines) is 1. The summed E-state index contributed by atoms with van der Waals surface area (Å²) in [5.74, 6) is -0.0672. The van der Waals surface area contributed by atoms with Crippen LogP contribution in [0.5, 0.6) is 0 Å². The van der Waals surface area contributed by atoms with Crippen LogP contribution in [0.3, 0.4) is 0 Å². The maximum atomic E-state index is 12.0. The molecule has 9 heteroatoms. The Kier molecular flexibility index (Phi) is 8.25. The Balaban J connectivity index is 1.63. The van der Waals surface area contributed by atoms with Gasteiger partial charge in [-0.25, -0.2) is 4.79 Å². The highest BCUT2D eigenvalue weighted by atomic mass is 19.4. The molecule has 2 N–H and O–H groups in total. The van der Waals surface area contributed by atoms with Crippen LogP contribution < -0.4 is 10.6 Å². The van der Waals surface area contributed by atoms with Gasteiger partial charge in [-0.3, -0.25) is 15.0 Å². The maximum absolute atomic E-state index is 12.0. The molecule has 0 spiro atoms. The summed E-state index contributed by atoms with van der Waals surface area (Å²) in [4.78, 5) is 27.3. The fourth-order valence-electron chi connectivity index (χ4n) is 3.32. The van der Waals surface area contributed by atoms with Gasteiger partial charge in [0, 0.05) is 13.1 Å². The van der Waals surface area contributed by atoms with Crippen LogP contribution in [0.2, 0.25) is 0 Å². The van der Waals surface area contributed by atoms with Crippen molar-refractivity contribution in [3.05, 3.63) is 35.9 Å². The molecule has 0 atom stereocenters. The van der Waals surface area contributed by atoms with Crippen LogP contribution in [0.1, 0.15) is 18.4 Å². The zero-order valence-corrected chi connectivity index (χ0v) is 16.0. The summed E-state index contributed by atoms with van der Waals surface area (Å²) >= 11 is 0. The third kappa shape index (κ3) is 8.71. The topological polar surface area (TPSA) is 64.7 Å². The normalized spacial score (nSPS) is 16.2. The highest BCUT2D eigenvalue weighted by Crippen LogP contribution is 2.18. The number of rotatable bonds is 7. The largest absolute Gasteiger partial charge is 0.405 e. The van der Waals surface area contributed by atoms with Gasteiger partial charge < -0.3 is 10.2 Å². The van der Waals surface area contributed by atoms with Gasteiger partial charge >= 0.3 is 12.2 Å². The van der Waals surface area contributed by atoms with Crippen molar-refractivity contribution in [2.24, 2.45) is 5.92 Å². The van der Waals surface area contributed by atoms with E-state index in [0.717, 1.165) is 39.0 Å². The first kappa shape index (κ1) is 22.2. The number of amides is 3. The van der Waals surface area contributed by atoms with Crippen LogP contribution in [0, 0.1) is 5.92 Å². The molecule has 156 valence electrons. The summed E-state index contributed by atoms with van der Waals surface area (Å²) in [5.41, 5.74) is 1.27. The quantitative estimate of drug-likeness (QED) is 0.737. The number of urea groups is 1. The van der Waals surface area contributed by atoms with Crippen molar-refractivity contribution < 1.29 is 22.8 Å². The Labute approximate surface area is 163 Å². The van der Waals surface area contributed by atoms with Crippen LogP contribution in [-0.4, -0.2) is 67.7 Å². The van der Waals surface area contributed by atoms with E-state index in [-0.39, 0.29) is 6.54 Å². The van der Waals surface area contributed by atoms with Crippen LogP contribution in [0.15, 0.2) is 30.3 Å². The predicted octanol–water partition coefficient (Wildman–Crippen LogP) is 2.22. The van der Waals surface area contributed by atoms with E-state index >= 15 is 0 Å². The van der Waals surface area contributed by atoms with E-state index in [4.69, 9.17) is 0 Å². The Morgan fingerprint density at radius 1 is 1.18 bits per heavy atom. The van der Waals surface area contributed by atoms with E-state index in [0.29, 0.717) is 5.92 Å². The second-order valence-electron chi connectivity index (χ2n) is 7.25. The van der Waals surface area contributed by atoms with Crippen molar-refractivity contribution in [1.82, 2.24) is 20.4 Å². The molecule has 1 saturated heterocycles. The molecular weight excluding hydrogens is 373 g/mol. The van der Waals surface area contributed by atoms with E-state index < -0.39 is 24.7 Å². The molecule has 3 amide bonds. The Hall–Kier alpha value is -2.13. The Morgan fingerprint density at radius 2 is 1.82 bits per heavy atom. The van der Waals surface area contributed by atoms with Crippen LogP contribution >= 0.6 is 0 Å². The second-order valence-corrected chi connectivity index (χ2v) is 7.25. The lowest BCUT2D eigenvalue weighted by molar-refractivity contribution is -0.125. The molecular formula is C19H27F3N4O2. The van der Waals surface area contributed by atoms with Crippen molar-refractivity contribution in [3.63, 3.8) is 0 Å². The van der Waals surface area contributed by atoms with E-state index in [2.05, 4.69) is 24.1 Å². The lowest BCUT2D eigenvalue weighted by atomic mass is 9.96. The lowest BCUT2D eigenvalue weighted by Gasteiger charge is -2.33. The summed E-state index contributed by atoms with van der Waals surface area (Å²) in [6.07, 6.45) is -2.63. The van der Waals surface area contributed by atoms with E-state index in [9.17, 15) is 22.8 Å². The maximum Gasteiger partial charge on any atom is 0.405 e. The Morgan fingerprint density at radius 3 is 2.43 bits per heavy atom. The first-order valence-corrected chi connectivity index (χ1v) is 9.30. The monoisotopic (exact) mass is 400 g/mol. The zero-order valence-electron chi connectivity index (χ0n) is 16.0. The molecule has 0 aliphatic carbocycles. The number of nitrogens with one attached hydrogen (secondary N) is 2. The van der Waals surface area contributed by atoms with E-state index in [1.54, 1.807) is 5.32 Å². The summed E-state index contributed by atoms with van der Waals surface area (Å²) in [5, 5.41) is 3.55. The molecule has 1 aromatic rings. The smallest absolute Gasteiger partial charge is 0.329 e. The van der Waals surface area contributed by atoms with Gasteiger partial charge in [0.2, 0.25) is 5.91 Å². The summed E-state index contributed by atoms with van der Waals surface area (Å²) < 4.78 is 36.1. The SMILES string of the molecule is CN(Cc1ccccc1)CC1CCN(CC(=O)NC(=O)NCC(F)(F)F)CC1. The molecule has 1 aliphatic heterocycles. The molecule has 0 saturated carbocycles. The number of benzene rings is 1. The van der Waals surface area contributed by atoms with Gasteiger partial charge in [-0.1, -0.05) is 30.3 Å². The van der Waals surface area contributed by atoms with Gasteiger partial charge in [0.1, 0.15) is 6.54 Å². The molecule has 2 rings (SSSR count). The number of imide groups is 1. The number of alkyl halides is 3. The number of hydrogen-bond acceptors (Lipinski definition) is 4. The van der Waals surface area contributed by atoms with Crippen molar-refractivity contribution in [1.29, 1.82) is 0 Å². The molecule has 1 aliphatic rings. The van der Waals surface area contributed by atoms with Gasteiger partial charge in [0.25, 0.3) is 0 Å². The first-order valence-electron chi connectivity index (χ1n) is 9.30. The fourth-order valence-corrected chi connectivity index (χ4v) is 3.32. The fraction of sp³-hybridized carbons (Fsp3) is 0.579. The Bertz CT molecular complexity index is 632. The van der Waals surface area contributed by atoms with Gasteiger partial charge in [-0.05, 0) is 44.5 Å². The van der Waals surface area contributed by atoms with E-state index in [1.807, 2.05) is 28.4 Å². The minimum atomic E-state index is -4.50. The number of carbonyl (C=O) groups excluding carboxylic acids is 2. The van der Waals surface area contributed by atoms with Gasteiger partial charge in [0.15, 0.2) is 0 Å². The second kappa shape index (κ2) is 10.4. The molecule has 6 nitrogen and oxygen atoms in total. The highest BCUT2D eigenvalue weighted by molar-refractivity contribution is 5.95. The number of nitrogens with zero attached hydrogens (tertiary/aromatic N) is 2. The average molecular weight is 400 g/mol. The average Bonchev–Trinajstić information content (AvgIpc) is 2.62. The minimum Gasteiger partial charge on any atom is -0.329 e. The predicted molar refractivity (Wildman–Crippen MR) is 99.5 cm³/mol. The highest BCUT2D eigenvalue weighted by Gasteiger charge is 2.28. The molecule has 1 aromatic carbocycles. The molecule has 0 unspecified atom stereocenters. The molecule has 0 bridgehead atoms. The molecule has 0 radical (unpaired) electrons. The number of halogens is 3. The minimum absolute atomic E-state index is 0.00596.